The summed E-state index contributed by atoms with van der Waals surface area (Å²) in [5, 5.41) is 7.02. The summed E-state index contributed by atoms with van der Waals surface area (Å²) in [4.78, 5) is 3.91. The number of pyridine rings is 1. The second-order valence-electron chi connectivity index (χ2n) is 4.89. The fourth-order valence-corrected chi connectivity index (χ4v) is 2.53. The van der Waals surface area contributed by atoms with Crippen LogP contribution >= 0.6 is 0 Å². The van der Waals surface area contributed by atoms with Crippen LogP contribution in [0.3, 0.4) is 0 Å². The molecular weight excluding hydrogens is 267 g/mol. The van der Waals surface area contributed by atoms with Crippen LogP contribution in [0.2, 0.25) is 0 Å². The SMILES string of the molecule is FC(F)(F)c1cccc2c(NC3CCNC3)ccnc12. The third kappa shape index (κ3) is 2.43. The maximum Gasteiger partial charge on any atom is 0.418 e. The van der Waals surface area contributed by atoms with Crippen LogP contribution in [0.25, 0.3) is 10.9 Å². The van der Waals surface area contributed by atoms with E-state index in [-0.39, 0.29) is 11.6 Å². The molecule has 1 aromatic carbocycles. The molecule has 1 aromatic heterocycles. The van der Waals surface area contributed by atoms with Crippen LogP contribution in [0.4, 0.5) is 18.9 Å². The lowest BCUT2D eigenvalue weighted by molar-refractivity contribution is -0.136. The average molecular weight is 281 g/mol. The lowest BCUT2D eigenvalue weighted by atomic mass is 10.1. The molecule has 0 bridgehead atoms. The Bertz CT molecular complexity index is 619. The second kappa shape index (κ2) is 4.94. The van der Waals surface area contributed by atoms with Crippen LogP contribution in [-0.2, 0) is 6.18 Å². The molecule has 2 aromatic rings. The van der Waals surface area contributed by atoms with Gasteiger partial charge in [0.05, 0.1) is 11.1 Å². The van der Waals surface area contributed by atoms with Crippen molar-refractivity contribution in [3.05, 3.63) is 36.0 Å². The molecule has 0 spiro atoms. The zero-order valence-corrected chi connectivity index (χ0v) is 10.7. The van der Waals surface area contributed by atoms with E-state index >= 15 is 0 Å². The Morgan fingerprint density at radius 3 is 2.80 bits per heavy atom. The molecule has 1 saturated heterocycles. The van der Waals surface area contributed by atoms with E-state index in [1.165, 1.54) is 12.3 Å². The Balaban J connectivity index is 2.05. The molecule has 0 aliphatic carbocycles. The van der Waals surface area contributed by atoms with Crippen LogP contribution in [0.15, 0.2) is 30.5 Å². The molecule has 20 heavy (non-hydrogen) atoms. The van der Waals surface area contributed by atoms with Crippen molar-refractivity contribution >= 4 is 16.6 Å². The third-order valence-corrected chi connectivity index (χ3v) is 3.50. The first kappa shape index (κ1) is 13.2. The molecule has 1 aliphatic rings. The largest absolute Gasteiger partial charge is 0.418 e. The van der Waals surface area contributed by atoms with Crippen molar-refractivity contribution in [2.75, 3.05) is 18.4 Å². The summed E-state index contributed by atoms with van der Waals surface area (Å²) < 4.78 is 39.0. The van der Waals surface area contributed by atoms with Gasteiger partial charge in [0.25, 0.3) is 0 Å². The number of aromatic nitrogens is 1. The number of hydrogen-bond acceptors (Lipinski definition) is 3. The van der Waals surface area contributed by atoms with Gasteiger partial charge in [0.15, 0.2) is 0 Å². The molecular formula is C14H14F3N3. The molecule has 1 unspecified atom stereocenters. The molecule has 1 atom stereocenters. The van der Waals surface area contributed by atoms with Crippen molar-refractivity contribution in [1.82, 2.24) is 10.3 Å². The summed E-state index contributed by atoms with van der Waals surface area (Å²) in [5.74, 6) is 0. The monoisotopic (exact) mass is 281 g/mol. The molecule has 106 valence electrons. The van der Waals surface area contributed by atoms with Crippen molar-refractivity contribution in [3.63, 3.8) is 0 Å². The van der Waals surface area contributed by atoms with Gasteiger partial charge in [-0.05, 0) is 25.1 Å². The van der Waals surface area contributed by atoms with E-state index in [0.717, 1.165) is 25.6 Å². The minimum atomic E-state index is -4.39. The molecule has 0 saturated carbocycles. The van der Waals surface area contributed by atoms with Crippen molar-refractivity contribution in [3.8, 4) is 0 Å². The normalized spacial score (nSPS) is 19.4. The highest BCUT2D eigenvalue weighted by atomic mass is 19.4. The van der Waals surface area contributed by atoms with Gasteiger partial charge in [-0.1, -0.05) is 12.1 Å². The summed E-state index contributed by atoms with van der Waals surface area (Å²) in [6.45, 7) is 1.75. The van der Waals surface area contributed by atoms with Gasteiger partial charge < -0.3 is 10.6 Å². The second-order valence-corrected chi connectivity index (χ2v) is 4.89. The summed E-state index contributed by atoms with van der Waals surface area (Å²) in [7, 11) is 0. The Hall–Kier alpha value is -1.82. The number of anilines is 1. The van der Waals surface area contributed by atoms with Gasteiger partial charge in [-0.25, -0.2) is 0 Å². The Morgan fingerprint density at radius 2 is 2.10 bits per heavy atom. The zero-order chi connectivity index (χ0) is 14.2. The van der Waals surface area contributed by atoms with Crippen LogP contribution in [0, 0.1) is 0 Å². The van der Waals surface area contributed by atoms with E-state index in [1.807, 2.05) is 0 Å². The van der Waals surface area contributed by atoms with Crippen molar-refractivity contribution in [2.45, 2.75) is 18.6 Å². The number of alkyl halides is 3. The third-order valence-electron chi connectivity index (χ3n) is 3.50. The van der Waals surface area contributed by atoms with E-state index in [0.29, 0.717) is 11.1 Å². The number of nitrogens with zero attached hydrogens (tertiary/aromatic N) is 1. The topological polar surface area (TPSA) is 37.0 Å². The number of benzene rings is 1. The zero-order valence-electron chi connectivity index (χ0n) is 10.7. The highest BCUT2D eigenvalue weighted by Gasteiger charge is 2.33. The summed E-state index contributed by atoms with van der Waals surface area (Å²) >= 11 is 0. The minimum Gasteiger partial charge on any atom is -0.380 e. The van der Waals surface area contributed by atoms with E-state index in [4.69, 9.17) is 0 Å². The number of hydrogen-bond donors (Lipinski definition) is 2. The first-order valence-corrected chi connectivity index (χ1v) is 6.48. The van der Waals surface area contributed by atoms with Crippen LogP contribution in [0.5, 0.6) is 0 Å². The van der Waals surface area contributed by atoms with E-state index in [1.54, 1.807) is 12.1 Å². The lowest BCUT2D eigenvalue weighted by Gasteiger charge is -2.16. The predicted molar refractivity (Wildman–Crippen MR) is 71.6 cm³/mol. The lowest BCUT2D eigenvalue weighted by Crippen LogP contribution is -2.22. The van der Waals surface area contributed by atoms with Gasteiger partial charge in [-0.15, -0.1) is 0 Å². The Labute approximate surface area is 114 Å². The van der Waals surface area contributed by atoms with Crippen molar-refractivity contribution in [1.29, 1.82) is 0 Å². The van der Waals surface area contributed by atoms with Crippen LogP contribution in [0.1, 0.15) is 12.0 Å². The van der Waals surface area contributed by atoms with Gasteiger partial charge in [-0.3, -0.25) is 4.98 Å². The number of rotatable bonds is 2. The van der Waals surface area contributed by atoms with Crippen LogP contribution < -0.4 is 10.6 Å². The molecule has 3 rings (SSSR count). The molecule has 6 heteroatoms. The highest BCUT2D eigenvalue weighted by molar-refractivity contribution is 5.93. The minimum absolute atomic E-state index is 0.00374. The smallest absolute Gasteiger partial charge is 0.380 e. The average Bonchev–Trinajstić information content (AvgIpc) is 2.90. The van der Waals surface area contributed by atoms with Gasteiger partial charge in [0, 0.05) is 29.9 Å². The number of para-hydroxylation sites is 1. The van der Waals surface area contributed by atoms with Gasteiger partial charge >= 0.3 is 6.18 Å². The first-order valence-electron chi connectivity index (χ1n) is 6.48. The molecule has 3 nitrogen and oxygen atoms in total. The number of halogens is 3. The van der Waals surface area contributed by atoms with Gasteiger partial charge in [-0.2, -0.15) is 13.2 Å². The predicted octanol–water partition coefficient (Wildman–Crippen LogP) is 3.03. The van der Waals surface area contributed by atoms with Crippen LogP contribution in [-0.4, -0.2) is 24.1 Å². The summed E-state index contributed by atoms with van der Waals surface area (Å²) in [6.07, 6.45) is -2.01. The molecule has 0 amide bonds. The summed E-state index contributed by atoms with van der Waals surface area (Å²) in [6, 6.07) is 6.12. The van der Waals surface area contributed by atoms with E-state index < -0.39 is 11.7 Å². The number of fused-ring (bicyclic) bond motifs is 1. The van der Waals surface area contributed by atoms with E-state index in [2.05, 4.69) is 15.6 Å². The molecule has 2 N–H and O–H groups in total. The van der Waals surface area contributed by atoms with Gasteiger partial charge in [0.2, 0.25) is 0 Å². The molecule has 2 heterocycles. The summed E-state index contributed by atoms with van der Waals surface area (Å²) in [5.41, 5.74) is 0.00829. The highest BCUT2D eigenvalue weighted by Crippen LogP contribution is 2.35. The quantitative estimate of drug-likeness (QED) is 0.888. The van der Waals surface area contributed by atoms with E-state index in [9.17, 15) is 13.2 Å². The fraction of sp³-hybridized carbons (Fsp3) is 0.357. The maximum atomic E-state index is 13.0. The fourth-order valence-electron chi connectivity index (χ4n) is 2.53. The Kier molecular flexibility index (Phi) is 3.25. The van der Waals surface area contributed by atoms with Gasteiger partial charge in [0.1, 0.15) is 0 Å². The first-order chi connectivity index (χ1) is 9.55. The van der Waals surface area contributed by atoms with Crippen molar-refractivity contribution < 1.29 is 13.2 Å². The number of nitrogens with one attached hydrogen (secondary N) is 2. The molecule has 0 radical (unpaired) electrons. The Morgan fingerprint density at radius 1 is 1.25 bits per heavy atom. The van der Waals surface area contributed by atoms with Crippen molar-refractivity contribution in [2.24, 2.45) is 0 Å². The maximum absolute atomic E-state index is 13.0. The molecule has 1 fully saturated rings. The standard InChI is InChI=1S/C14H14F3N3/c15-14(16,17)11-3-1-2-10-12(5-7-19-13(10)11)20-9-4-6-18-8-9/h1-3,5,7,9,18H,4,6,8H2,(H,19,20). The molecule has 1 aliphatic heterocycles.